The summed E-state index contributed by atoms with van der Waals surface area (Å²) < 4.78 is 2.16. The smallest absolute Gasteiger partial charge is 0.0954 e. The molecule has 4 nitrogen and oxygen atoms in total. The van der Waals surface area contributed by atoms with Crippen LogP contribution >= 0.6 is 0 Å². The molecule has 0 fully saturated rings. The lowest BCUT2D eigenvalue weighted by Crippen LogP contribution is -2.03. The lowest BCUT2D eigenvalue weighted by atomic mass is 10.2. The second kappa shape index (κ2) is 4.21. The first-order valence-corrected chi connectivity index (χ1v) is 5.07. The number of nitrogens with zero attached hydrogens (tertiary/aromatic N) is 4. The van der Waals surface area contributed by atoms with E-state index in [1.165, 1.54) is 5.69 Å². The van der Waals surface area contributed by atoms with Crippen LogP contribution in [0.2, 0.25) is 0 Å². The van der Waals surface area contributed by atoms with Crippen LogP contribution in [0.25, 0.3) is 0 Å². The minimum Gasteiger partial charge on any atom is -0.330 e. The SMILES string of the molecule is CCc1c(C)ncn1Cc1ccnnc1. The molecule has 2 aromatic rings. The number of hydrogen-bond acceptors (Lipinski definition) is 3. The fourth-order valence-electron chi connectivity index (χ4n) is 1.71. The Kier molecular flexibility index (Phi) is 2.76. The van der Waals surface area contributed by atoms with Crippen molar-refractivity contribution in [3.05, 3.63) is 41.7 Å². The van der Waals surface area contributed by atoms with Gasteiger partial charge in [0.05, 0.1) is 24.8 Å². The maximum Gasteiger partial charge on any atom is 0.0954 e. The first-order valence-electron chi connectivity index (χ1n) is 5.07. The van der Waals surface area contributed by atoms with Crippen molar-refractivity contribution in [3.63, 3.8) is 0 Å². The molecule has 0 spiro atoms. The van der Waals surface area contributed by atoms with Crippen molar-refractivity contribution in [1.29, 1.82) is 0 Å². The van der Waals surface area contributed by atoms with Crippen LogP contribution in [0.3, 0.4) is 0 Å². The van der Waals surface area contributed by atoms with E-state index in [0.29, 0.717) is 0 Å². The Morgan fingerprint density at radius 3 is 2.87 bits per heavy atom. The van der Waals surface area contributed by atoms with Crippen LogP contribution in [0.1, 0.15) is 23.9 Å². The highest BCUT2D eigenvalue weighted by Crippen LogP contribution is 2.09. The minimum absolute atomic E-state index is 0.819. The summed E-state index contributed by atoms with van der Waals surface area (Å²) in [4.78, 5) is 4.31. The third kappa shape index (κ3) is 2.03. The molecule has 0 aliphatic heterocycles. The molecule has 0 atom stereocenters. The number of hydrogen-bond donors (Lipinski definition) is 0. The van der Waals surface area contributed by atoms with Crippen molar-refractivity contribution in [3.8, 4) is 0 Å². The molecule has 0 unspecified atom stereocenters. The topological polar surface area (TPSA) is 43.6 Å². The van der Waals surface area contributed by atoms with Gasteiger partial charge in [0.2, 0.25) is 0 Å². The lowest BCUT2D eigenvalue weighted by Gasteiger charge is -2.06. The molecule has 0 saturated heterocycles. The Morgan fingerprint density at radius 1 is 1.33 bits per heavy atom. The van der Waals surface area contributed by atoms with Gasteiger partial charge >= 0.3 is 0 Å². The van der Waals surface area contributed by atoms with Crippen molar-refractivity contribution >= 4 is 0 Å². The zero-order chi connectivity index (χ0) is 10.7. The van der Waals surface area contributed by atoms with Gasteiger partial charge in [-0.25, -0.2) is 4.98 Å². The quantitative estimate of drug-likeness (QED) is 0.759. The van der Waals surface area contributed by atoms with Gasteiger partial charge in [0.25, 0.3) is 0 Å². The van der Waals surface area contributed by atoms with E-state index in [0.717, 1.165) is 24.2 Å². The summed E-state index contributed by atoms with van der Waals surface area (Å²) in [6, 6.07) is 1.97. The van der Waals surface area contributed by atoms with Gasteiger partial charge < -0.3 is 4.57 Å². The molecule has 0 saturated carbocycles. The molecular weight excluding hydrogens is 188 g/mol. The predicted molar refractivity (Wildman–Crippen MR) is 57.5 cm³/mol. The van der Waals surface area contributed by atoms with Gasteiger partial charge in [0, 0.05) is 11.9 Å². The second-order valence-electron chi connectivity index (χ2n) is 3.51. The van der Waals surface area contributed by atoms with Crippen LogP contribution in [0.5, 0.6) is 0 Å². The molecule has 2 heterocycles. The van der Waals surface area contributed by atoms with Crippen LogP contribution < -0.4 is 0 Å². The lowest BCUT2D eigenvalue weighted by molar-refractivity contribution is 0.738. The van der Waals surface area contributed by atoms with Crippen molar-refractivity contribution in [2.75, 3.05) is 0 Å². The van der Waals surface area contributed by atoms with Crippen molar-refractivity contribution < 1.29 is 0 Å². The number of rotatable bonds is 3. The van der Waals surface area contributed by atoms with Crippen LogP contribution in [-0.4, -0.2) is 19.7 Å². The average molecular weight is 202 g/mol. The number of aromatic nitrogens is 4. The van der Waals surface area contributed by atoms with Gasteiger partial charge in [-0.2, -0.15) is 10.2 Å². The third-order valence-corrected chi connectivity index (χ3v) is 2.49. The van der Waals surface area contributed by atoms with Gasteiger partial charge in [-0.05, 0) is 25.0 Å². The van der Waals surface area contributed by atoms with Crippen LogP contribution in [0.4, 0.5) is 0 Å². The average Bonchev–Trinajstić information content (AvgIpc) is 2.61. The van der Waals surface area contributed by atoms with Crippen molar-refractivity contribution in [1.82, 2.24) is 19.7 Å². The molecule has 0 aliphatic carbocycles. The van der Waals surface area contributed by atoms with Gasteiger partial charge in [-0.1, -0.05) is 6.92 Å². The monoisotopic (exact) mass is 202 g/mol. The molecule has 0 aliphatic rings. The summed E-state index contributed by atoms with van der Waals surface area (Å²) in [5.41, 5.74) is 3.54. The van der Waals surface area contributed by atoms with E-state index in [-0.39, 0.29) is 0 Å². The molecule has 0 bridgehead atoms. The predicted octanol–water partition coefficient (Wildman–Crippen LogP) is 1.59. The zero-order valence-corrected chi connectivity index (χ0v) is 9.01. The highest BCUT2D eigenvalue weighted by atomic mass is 15.1. The van der Waals surface area contributed by atoms with E-state index in [9.17, 15) is 0 Å². The number of imidazole rings is 1. The normalized spacial score (nSPS) is 10.5. The minimum atomic E-state index is 0.819. The van der Waals surface area contributed by atoms with E-state index >= 15 is 0 Å². The maximum atomic E-state index is 4.31. The van der Waals surface area contributed by atoms with Gasteiger partial charge in [0.1, 0.15) is 0 Å². The second-order valence-corrected chi connectivity index (χ2v) is 3.51. The summed E-state index contributed by atoms with van der Waals surface area (Å²) in [6.45, 7) is 5.00. The summed E-state index contributed by atoms with van der Waals surface area (Å²) in [7, 11) is 0. The fraction of sp³-hybridized carbons (Fsp3) is 0.364. The van der Waals surface area contributed by atoms with Crippen molar-refractivity contribution in [2.45, 2.75) is 26.8 Å². The van der Waals surface area contributed by atoms with Gasteiger partial charge in [-0.15, -0.1) is 0 Å². The summed E-state index contributed by atoms with van der Waals surface area (Å²) in [6.07, 6.45) is 6.39. The van der Waals surface area contributed by atoms with E-state index in [4.69, 9.17) is 0 Å². The largest absolute Gasteiger partial charge is 0.330 e. The van der Waals surface area contributed by atoms with E-state index in [2.05, 4.69) is 26.7 Å². The Balaban J connectivity index is 2.25. The Morgan fingerprint density at radius 2 is 2.20 bits per heavy atom. The Labute approximate surface area is 89.0 Å². The van der Waals surface area contributed by atoms with Gasteiger partial charge in [-0.3, -0.25) is 0 Å². The maximum absolute atomic E-state index is 4.31. The van der Waals surface area contributed by atoms with E-state index < -0.39 is 0 Å². The molecule has 0 amide bonds. The molecule has 2 rings (SSSR count). The van der Waals surface area contributed by atoms with E-state index in [1.807, 2.05) is 19.3 Å². The summed E-state index contributed by atoms with van der Waals surface area (Å²) in [5.74, 6) is 0. The highest BCUT2D eigenvalue weighted by Gasteiger charge is 2.05. The Hall–Kier alpha value is -1.71. The van der Waals surface area contributed by atoms with Crippen LogP contribution in [0.15, 0.2) is 24.8 Å². The van der Waals surface area contributed by atoms with E-state index in [1.54, 1.807) is 12.4 Å². The molecule has 78 valence electrons. The molecule has 0 N–H and O–H groups in total. The molecular formula is C11H14N4. The highest BCUT2D eigenvalue weighted by molar-refractivity contribution is 5.14. The summed E-state index contributed by atoms with van der Waals surface area (Å²) >= 11 is 0. The summed E-state index contributed by atoms with van der Waals surface area (Å²) in [5, 5.41) is 7.62. The molecule has 2 aromatic heterocycles. The zero-order valence-electron chi connectivity index (χ0n) is 9.01. The van der Waals surface area contributed by atoms with Gasteiger partial charge in [0.15, 0.2) is 0 Å². The van der Waals surface area contributed by atoms with Crippen LogP contribution in [-0.2, 0) is 13.0 Å². The molecule has 0 radical (unpaired) electrons. The van der Waals surface area contributed by atoms with Crippen molar-refractivity contribution in [2.24, 2.45) is 0 Å². The fourth-order valence-corrected chi connectivity index (χ4v) is 1.71. The first-order chi connectivity index (χ1) is 7.31. The third-order valence-electron chi connectivity index (χ3n) is 2.49. The molecule has 15 heavy (non-hydrogen) atoms. The molecule has 4 heteroatoms. The standard InChI is InChI=1S/C11H14N4/c1-3-11-9(2)12-8-15(11)7-10-4-5-13-14-6-10/h4-6,8H,3,7H2,1-2H3. The van der Waals surface area contributed by atoms with Crippen LogP contribution in [0, 0.1) is 6.92 Å². The molecule has 0 aromatic carbocycles. The first kappa shape index (κ1) is 9.83. The number of aryl methyl sites for hydroxylation is 1. The Bertz CT molecular complexity index is 433.